The SMILES string of the molecule is Cc1ccc(C(N)=O)cc1Nc1nc(N[C@H]2CCN(C3CCC3)C2)nc(N(C)CC(C)(C)C)n1. The number of nitrogens with two attached hydrogens (primary N) is 1. The molecule has 184 valence electrons. The molecule has 9 nitrogen and oxygen atoms in total. The number of rotatable bonds is 8. The number of carbonyl (C=O) groups excluding carboxylic acids is 1. The number of hydrogen-bond acceptors (Lipinski definition) is 8. The van der Waals surface area contributed by atoms with Crippen molar-refractivity contribution in [2.24, 2.45) is 11.1 Å². The lowest BCUT2D eigenvalue weighted by atomic mass is 9.92. The number of nitrogens with one attached hydrogen (secondary N) is 2. The third-order valence-electron chi connectivity index (χ3n) is 6.59. The van der Waals surface area contributed by atoms with Crippen LogP contribution in [0.5, 0.6) is 0 Å². The summed E-state index contributed by atoms with van der Waals surface area (Å²) in [6.45, 7) is 11.5. The maximum absolute atomic E-state index is 11.7. The second-order valence-electron chi connectivity index (χ2n) is 10.9. The number of aryl methyl sites for hydroxylation is 1. The first-order valence-corrected chi connectivity index (χ1v) is 12.2. The van der Waals surface area contributed by atoms with Gasteiger partial charge in [0, 0.05) is 50.0 Å². The molecule has 4 N–H and O–H groups in total. The minimum Gasteiger partial charge on any atom is -0.366 e. The van der Waals surface area contributed by atoms with E-state index in [0.717, 1.165) is 43.3 Å². The number of aromatic nitrogens is 3. The fourth-order valence-corrected chi connectivity index (χ4v) is 4.64. The maximum atomic E-state index is 11.7. The van der Waals surface area contributed by atoms with E-state index in [1.807, 2.05) is 20.0 Å². The molecule has 1 saturated heterocycles. The van der Waals surface area contributed by atoms with Gasteiger partial charge in [-0.1, -0.05) is 33.3 Å². The molecule has 1 aromatic carbocycles. The Morgan fingerprint density at radius 1 is 1.18 bits per heavy atom. The highest BCUT2D eigenvalue weighted by atomic mass is 16.1. The number of anilines is 4. The van der Waals surface area contributed by atoms with Crippen LogP contribution in [0, 0.1) is 12.3 Å². The van der Waals surface area contributed by atoms with Crippen LogP contribution >= 0.6 is 0 Å². The number of hydrogen-bond donors (Lipinski definition) is 3. The zero-order valence-electron chi connectivity index (χ0n) is 21.1. The van der Waals surface area contributed by atoms with Gasteiger partial charge < -0.3 is 21.3 Å². The van der Waals surface area contributed by atoms with E-state index in [4.69, 9.17) is 15.7 Å². The lowest BCUT2D eigenvalue weighted by Crippen LogP contribution is -2.39. The van der Waals surface area contributed by atoms with Crippen molar-refractivity contribution in [1.29, 1.82) is 0 Å². The van der Waals surface area contributed by atoms with Crippen LogP contribution in [0.4, 0.5) is 23.5 Å². The first kappa shape index (κ1) is 24.2. The summed E-state index contributed by atoms with van der Waals surface area (Å²) in [5.41, 5.74) is 7.72. The highest BCUT2D eigenvalue weighted by Crippen LogP contribution is 2.29. The Hall–Kier alpha value is -2.94. The average molecular weight is 467 g/mol. The number of amides is 1. The van der Waals surface area contributed by atoms with Crippen molar-refractivity contribution in [2.75, 3.05) is 42.2 Å². The molecule has 1 atom stereocenters. The van der Waals surface area contributed by atoms with Gasteiger partial charge in [-0.2, -0.15) is 15.0 Å². The molecule has 2 aliphatic rings. The van der Waals surface area contributed by atoms with Gasteiger partial charge in [0.05, 0.1) is 0 Å². The highest BCUT2D eigenvalue weighted by Gasteiger charge is 2.32. The lowest BCUT2D eigenvalue weighted by molar-refractivity contribution is 0.100. The molecular formula is C25H38N8O. The molecule has 0 bridgehead atoms. The smallest absolute Gasteiger partial charge is 0.248 e. The second kappa shape index (κ2) is 9.74. The average Bonchev–Trinajstić information content (AvgIpc) is 3.14. The quantitative estimate of drug-likeness (QED) is 0.542. The highest BCUT2D eigenvalue weighted by molar-refractivity contribution is 5.94. The van der Waals surface area contributed by atoms with E-state index in [-0.39, 0.29) is 5.41 Å². The Balaban J connectivity index is 1.58. The lowest BCUT2D eigenvalue weighted by Gasteiger charge is -2.34. The van der Waals surface area contributed by atoms with E-state index in [0.29, 0.717) is 29.5 Å². The number of carbonyl (C=O) groups is 1. The Bertz CT molecular complexity index is 1030. The summed E-state index contributed by atoms with van der Waals surface area (Å²) in [5, 5.41) is 6.85. The monoisotopic (exact) mass is 466 g/mol. The van der Waals surface area contributed by atoms with Gasteiger partial charge in [0.15, 0.2) is 0 Å². The second-order valence-corrected chi connectivity index (χ2v) is 10.9. The van der Waals surface area contributed by atoms with E-state index in [9.17, 15) is 4.79 Å². The van der Waals surface area contributed by atoms with Crippen LogP contribution in [-0.2, 0) is 0 Å². The summed E-state index contributed by atoms with van der Waals surface area (Å²) in [5.74, 6) is 1.14. The van der Waals surface area contributed by atoms with Crippen LogP contribution in [0.25, 0.3) is 0 Å². The van der Waals surface area contributed by atoms with Gasteiger partial charge in [-0.05, 0) is 49.3 Å². The minimum absolute atomic E-state index is 0.0870. The van der Waals surface area contributed by atoms with Crippen LogP contribution in [0.3, 0.4) is 0 Å². The number of likely N-dealkylation sites (tertiary alicyclic amines) is 1. The van der Waals surface area contributed by atoms with Crippen LogP contribution in [-0.4, -0.2) is 64.5 Å². The summed E-state index contributed by atoms with van der Waals surface area (Å²) in [6, 6.07) is 6.39. The number of nitrogens with zero attached hydrogens (tertiary/aromatic N) is 5. The van der Waals surface area contributed by atoms with Gasteiger partial charge in [0.25, 0.3) is 0 Å². The molecule has 1 aliphatic heterocycles. The third-order valence-corrected chi connectivity index (χ3v) is 6.59. The predicted octanol–water partition coefficient (Wildman–Crippen LogP) is 3.54. The van der Waals surface area contributed by atoms with E-state index in [2.05, 4.69) is 46.2 Å². The molecule has 1 aliphatic carbocycles. The Morgan fingerprint density at radius 2 is 1.91 bits per heavy atom. The Kier molecular flexibility index (Phi) is 6.93. The Morgan fingerprint density at radius 3 is 2.56 bits per heavy atom. The first-order chi connectivity index (χ1) is 16.1. The number of benzene rings is 1. The van der Waals surface area contributed by atoms with Gasteiger partial charge in [-0.15, -0.1) is 0 Å². The summed E-state index contributed by atoms with van der Waals surface area (Å²) in [4.78, 5) is 30.5. The summed E-state index contributed by atoms with van der Waals surface area (Å²) < 4.78 is 0. The summed E-state index contributed by atoms with van der Waals surface area (Å²) in [6.07, 6.45) is 5.06. The molecule has 2 heterocycles. The predicted molar refractivity (Wildman–Crippen MR) is 137 cm³/mol. The van der Waals surface area contributed by atoms with Crippen molar-refractivity contribution in [1.82, 2.24) is 19.9 Å². The third kappa shape index (κ3) is 5.94. The molecule has 1 aromatic heterocycles. The standard InChI is InChI=1S/C25H38N8O/c1-16-9-10-17(21(26)34)13-20(16)28-23-29-22(30-24(31-23)32(5)15-25(2,3)4)27-18-11-12-33(14-18)19-7-6-8-19/h9-10,13,18-19H,6-8,11-12,14-15H2,1-5H3,(H2,26,34)(H2,27,28,29,30,31)/t18-/m0/s1. The van der Waals surface area contributed by atoms with Gasteiger partial charge in [0.1, 0.15) is 0 Å². The normalized spacial score (nSPS) is 19.0. The molecule has 1 amide bonds. The number of primary amides is 1. The fourth-order valence-electron chi connectivity index (χ4n) is 4.64. The molecule has 0 spiro atoms. The maximum Gasteiger partial charge on any atom is 0.248 e. The molecule has 4 rings (SSSR count). The van der Waals surface area contributed by atoms with E-state index < -0.39 is 5.91 Å². The molecular weight excluding hydrogens is 428 g/mol. The topological polar surface area (TPSA) is 112 Å². The first-order valence-electron chi connectivity index (χ1n) is 12.2. The Labute approximate surface area is 202 Å². The largest absolute Gasteiger partial charge is 0.366 e. The molecule has 1 saturated carbocycles. The van der Waals surface area contributed by atoms with Crippen molar-refractivity contribution < 1.29 is 4.79 Å². The molecule has 0 radical (unpaired) electrons. The van der Waals surface area contributed by atoms with Gasteiger partial charge in [-0.25, -0.2) is 0 Å². The van der Waals surface area contributed by atoms with Crippen LogP contribution in [0.2, 0.25) is 0 Å². The summed E-state index contributed by atoms with van der Waals surface area (Å²) in [7, 11) is 2.00. The summed E-state index contributed by atoms with van der Waals surface area (Å²) >= 11 is 0. The van der Waals surface area contributed by atoms with E-state index in [1.165, 1.54) is 19.3 Å². The molecule has 2 fully saturated rings. The zero-order valence-corrected chi connectivity index (χ0v) is 21.1. The van der Waals surface area contributed by atoms with Gasteiger partial charge in [0.2, 0.25) is 23.8 Å². The fraction of sp³-hybridized carbons (Fsp3) is 0.600. The van der Waals surface area contributed by atoms with Gasteiger partial charge in [-0.3, -0.25) is 9.69 Å². The van der Waals surface area contributed by atoms with Crippen LogP contribution < -0.4 is 21.3 Å². The molecule has 0 unspecified atom stereocenters. The molecule has 34 heavy (non-hydrogen) atoms. The molecule has 9 heteroatoms. The van der Waals surface area contributed by atoms with Gasteiger partial charge >= 0.3 is 0 Å². The van der Waals surface area contributed by atoms with Crippen molar-refractivity contribution in [2.45, 2.75) is 65.5 Å². The minimum atomic E-state index is -0.469. The van der Waals surface area contributed by atoms with E-state index >= 15 is 0 Å². The van der Waals surface area contributed by atoms with E-state index in [1.54, 1.807) is 12.1 Å². The van der Waals surface area contributed by atoms with Crippen molar-refractivity contribution in [3.63, 3.8) is 0 Å². The molecule has 2 aromatic rings. The van der Waals surface area contributed by atoms with Crippen molar-refractivity contribution in [3.05, 3.63) is 29.3 Å². The van der Waals surface area contributed by atoms with Crippen molar-refractivity contribution in [3.8, 4) is 0 Å². The van der Waals surface area contributed by atoms with Crippen molar-refractivity contribution >= 4 is 29.4 Å². The van der Waals surface area contributed by atoms with Crippen LogP contribution in [0.1, 0.15) is 62.4 Å². The zero-order chi connectivity index (χ0) is 24.5. The van der Waals surface area contributed by atoms with Crippen LogP contribution in [0.15, 0.2) is 18.2 Å².